The molecule has 4 atom stereocenters. The van der Waals surface area contributed by atoms with Crippen LogP contribution in [0.3, 0.4) is 0 Å². The maximum absolute atomic E-state index is 12.3. The third kappa shape index (κ3) is 41.9. The van der Waals surface area contributed by atoms with Crippen molar-refractivity contribution in [2.24, 2.45) is 0 Å². The standard InChI is InChI=1S/C55H106N10O24/c1-83-26-27-87-43-47(45-89-31-29-85-24-21-67)65(35-49(70)33-57-4-8-60(38-52(75)76)12-16-63(41-55(81)82)17-13-61(9-5-57)39-53(77)78)19-18-64(46(42-86-25-22-68)44-88-30-28-84-23-20-66)34-48(69)32-56-2-6-58(36-50(71)72)10-14-62(40-54(79)80)15-11-59(7-3-56)37-51(73)74/h46-49,66-70H,2-45H2,1H3,(H,71,72)(H,73,74)(H,75,76)(H,77,78)(H,79,80)(H,81,82). The summed E-state index contributed by atoms with van der Waals surface area (Å²) in [5.41, 5.74) is 0. The summed E-state index contributed by atoms with van der Waals surface area (Å²) in [6, 6.07) is -1.16. The molecule has 2 heterocycles. The number of carbonyl (C=O) groups is 6. The third-order valence-corrected chi connectivity index (χ3v) is 14.7. The van der Waals surface area contributed by atoms with E-state index in [-0.39, 0.29) is 289 Å². The minimum absolute atomic E-state index is 0.00909. The van der Waals surface area contributed by atoms with Crippen LogP contribution in [0.15, 0.2) is 0 Å². The molecule has 89 heavy (non-hydrogen) atoms. The first-order valence-electron chi connectivity index (χ1n) is 30.5. The number of ether oxygens (including phenoxy) is 7. The Hall–Kier alpha value is -4.06. The summed E-state index contributed by atoms with van der Waals surface area (Å²) in [6.45, 7) is 2.43. The van der Waals surface area contributed by atoms with Crippen molar-refractivity contribution in [3.05, 3.63) is 0 Å². The zero-order chi connectivity index (χ0) is 65.6. The number of aliphatic carboxylic acids is 6. The molecular weight excluding hydrogens is 1180 g/mol. The molecule has 0 saturated carbocycles. The van der Waals surface area contributed by atoms with Crippen LogP contribution in [0.25, 0.3) is 0 Å². The summed E-state index contributed by atoms with van der Waals surface area (Å²) in [4.78, 5) is 89.6. The van der Waals surface area contributed by atoms with Gasteiger partial charge in [-0.3, -0.25) is 77.8 Å². The molecule has 34 heteroatoms. The summed E-state index contributed by atoms with van der Waals surface area (Å²) < 4.78 is 40.5. The Morgan fingerprint density at radius 1 is 0.337 bits per heavy atom. The van der Waals surface area contributed by atoms with Gasteiger partial charge in [0.15, 0.2) is 0 Å². The predicted molar refractivity (Wildman–Crippen MR) is 318 cm³/mol. The van der Waals surface area contributed by atoms with Gasteiger partial charge in [0.05, 0.1) is 169 Å². The Labute approximate surface area is 522 Å². The van der Waals surface area contributed by atoms with Gasteiger partial charge in [-0.15, -0.1) is 0 Å². The molecule has 0 amide bonds. The number of β-amino-alcohol motifs (C(OH)–C–C–N with tert-alkyl or cyclic N) is 2. The van der Waals surface area contributed by atoms with Crippen molar-refractivity contribution in [3.63, 3.8) is 0 Å². The lowest BCUT2D eigenvalue weighted by Gasteiger charge is -2.39. The quantitative estimate of drug-likeness (QED) is 0.0252. The maximum Gasteiger partial charge on any atom is 0.317 e. The lowest BCUT2D eigenvalue weighted by Crippen LogP contribution is -2.55. The van der Waals surface area contributed by atoms with Crippen molar-refractivity contribution in [1.82, 2.24) is 49.0 Å². The van der Waals surface area contributed by atoms with Gasteiger partial charge in [0.2, 0.25) is 0 Å². The van der Waals surface area contributed by atoms with Crippen molar-refractivity contribution in [1.29, 1.82) is 0 Å². The van der Waals surface area contributed by atoms with Crippen molar-refractivity contribution >= 4 is 35.8 Å². The van der Waals surface area contributed by atoms with E-state index in [0.717, 1.165) is 0 Å². The second-order valence-corrected chi connectivity index (χ2v) is 21.9. The summed E-state index contributed by atoms with van der Waals surface area (Å²) in [7, 11) is 1.53. The van der Waals surface area contributed by atoms with Gasteiger partial charge in [0.1, 0.15) is 0 Å². The molecule has 0 aromatic carbocycles. The van der Waals surface area contributed by atoms with Gasteiger partial charge in [0.25, 0.3) is 0 Å². The van der Waals surface area contributed by atoms with Crippen LogP contribution >= 0.6 is 0 Å². The van der Waals surface area contributed by atoms with Gasteiger partial charge in [-0.2, -0.15) is 0 Å². The van der Waals surface area contributed by atoms with Crippen molar-refractivity contribution in [2.75, 3.05) is 296 Å². The van der Waals surface area contributed by atoms with E-state index in [1.54, 1.807) is 29.4 Å². The van der Waals surface area contributed by atoms with Crippen LogP contribution in [-0.4, -0.2) is 461 Å². The highest BCUT2D eigenvalue weighted by Gasteiger charge is 2.30. The van der Waals surface area contributed by atoms with Crippen LogP contribution in [-0.2, 0) is 61.9 Å². The molecule has 0 aliphatic carbocycles. The molecular formula is C55H106N10O24. The van der Waals surface area contributed by atoms with Gasteiger partial charge in [-0.25, -0.2) is 0 Å². The van der Waals surface area contributed by atoms with E-state index in [2.05, 4.69) is 0 Å². The number of aliphatic hydroxyl groups is 5. The first-order chi connectivity index (χ1) is 42.7. The average Bonchev–Trinajstić information content (AvgIpc) is 3.62. The fraction of sp³-hybridized carbons (Fsp3) is 0.891. The first-order valence-corrected chi connectivity index (χ1v) is 30.5. The number of nitrogens with zero attached hydrogens (tertiary/aromatic N) is 10. The van der Waals surface area contributed by atoms with Gasteiger partial charge in [-0.05, 0) is 0 Å². The minimum Gasteiger partial charge on any atom is -0.480 e. The number of carboxylic acid groups (broad SMARTS) is 6. The summed E-state index contributed by atoms with van der Waals surface area (Å²) in [6.07, 6.45) is -2.25. The summed E-state index contributed by atoms with van der Waals surface area (Å²) in [5.74, 6) is -6.52. The Morgan fingerprint density at radius 2 is 0.551 bits per heavy atom. The molecule has 4 unspecified atom stereocenters. The Bertz CT molecular complexity index is 1840. The maximum atomic E-state index is 12.3. The molecule has 0 aromatic rings. The van der Waals surface area contributed by atoms with E-state index >= 15 is 0 Å². The Kier molecular flexibility index (Phi) is 46.0. The number of carboxylic acids is 6. The summed E-state index contributed by atoms with van der Waals surface area (Å²) in [5, 5.41) is 112. The average molecular weight is 1290 g/mol. The molecule has 0 aromatic heterocycles. The topological polar surface area (TPSA) is 422 Å². The van der Waals surface area contributed by atoms with Crippen molar-refractivity contribution < 1.29 is 118 Å². The van der Waals surface area contributed by atoms with Gasteiger partial charge < -0.3 is 89.3 Å². The lowest BCUT2D eigenvalue weighted by molar-refractivity contribution is -0.140. The molecule has 520 valence electrons. The molecule has 0 spiro atoms. The predicted octanol–water partition coefficient (Wildman–Crippen LogP) is -7.28. The monoisotopic (exact) mass is 1290 g/mol. The largest absolute Gasteiger partial charge is 0.480 e. The van der Waals surface area contributed by atoms with Gasteiger partial charge in [-0.1, -0.05) is 0 Å². The number of rotatable bonds is 48. The van der Waals surface area contributed by atoms with Crippen LogP contribution in [0.1, 0.15) is 0 Å². The zero-order valence-electron chi connectivity index (χ0n) is 52.1. The number of methoxy groups -OCH3 is 1. The SMILES string of the molecule is COCCOCC(COCCOCCO)N(CCN(CC(O)CN1CCN(CC(=O)O)CCN(CC(=O)O)CCN(CC(=O)O)CC1)C(COCCO)COCCOCCO)CC(O)CN1CCN(CC(=O)O)CCN(CC(=O)O)CCN(CC(=O)O)CC1. The molecule has 0 radical (unpaired) electrons. The lowest BCUT2D eigenvalue weighted by atomic mass is 10.1. The molecule has 2 fully saturated rings. The minimum atomic E-state index is -1.13. The molecule has 2 aliphatic heterocycles. The molecule has 2 rings (SSSR count). The highest BCUT2D eigenvalue weighted by Crippen LogP contribution is 2.13. The van der Waals surface area contributed by atoms with E-state index < -0.39 is 60.1 Å². The zero-order valence-corrected chi connectivity index (χ0v) is 52.1. The van der Waals surface area contributed by atoms with Crippen LogP contribution in [0.4, 0.5) is 0 Å². The van der Waals surface area contributed by atoms with Crippen LogP contribution in [0, 0.1) is 0 Å². The van der Waals surface area contributed by atoms with Crippen molar-refractivity contribution in [2.45, 2.75) is 24.3 Å². The van der Waals surface area contributed by atoms with E-state index in [1.807, 2.05) is 19.6 Å². The molecule has 2 aliphatic rings. The number of aliphatic hydroxyl groups excluding tert-OH is 5. The number of hydrogen-bond acceptors (Lipinski definition) is 28. The van der Waals surface area contributed by atoms with E-state index in [9.17, 15) is 84.9 Å². The van der Waals surface area contributed by atoms with Crippen LogP contribution < -0.4 is 0 Å². The molecule has 34 nitrogen and oxygen atoms in total. The Morgan fingerprint density at radius 3 is 0.787 bits per heavy atom. The highest BCUT2D eigenvalue weighted by molar-refractivity contribution is 5.71. The van der Waals surface area contributed by atoms with Crippen LogP contribution in [0.5, 0.6) is 0 Å². The Balaban J connectivity index is 2.70. The smallest absolute Gasteiger partial charge is 0.317 e. The number of hydrogen-bond donors (Lipinski definition) is 11. The fourth-order valence-corrected chi connectivity index (χ4v) is 10.1. The second kappa shape index (κ2) is 50.5. The van der Waals surface area contributed by atoms with Gasteiger partial charge in [0, 0.05) is 151 Å². The molecule has 0 bridgehead atoms. The van der Waals surface area contributed by atoms with E-state index in [4.69, 9.17) is 33.2 Å². The van der Waals surface area contributed by atoms with Gasteiger partial charge >= 0.3 is 35.8 Å². The summed E-state index contributed by atoms with van der Waals surface area (Å²) >= 11 is 0. The first kappa shape index (κ1) is 81.0. The van der Waals surface area contributed by atoms with Crippen LogP contribution in [0.2, 0.25) is 0 Å². The third-order valence-electron chi connectivity index (χ3n) is 14.7. The second-order valence-electron chi connectivity index (χ2n) is 21.9. The van der Waals surface area contributed by atoms with E-state index in [0.29, 0.717) is 0 Å². The van der Waals surface area contributed by atoms with Crippen molar-refractivity contribution in [3.8, 4) is 0 Å². The normalized spacial score (nSPS) is 18.6. The molecule has 2 saturated heterocycles. The molecule has 11 N–H and O–H groups in total. The van der Waals surface area contributed by atoms with E-state index in [1.165, 1.54) is 7.11 Å². The highest BCUT2D eigenvalue weighted by atomic mass is 16.5. The fourth-order valence-electron chi connectivity index (χ4n) is 10.1.